The fourth-order valence-corrected chi connectivity index (χ4v) is 4.43. The van der Waals surface area contributed by atoms with Crippen LogP contribution in [0.3, 0.4) is 0 Å². The van der Waals surface area contributed by atoms with E-state index >= 15 is 0 Å². The maximum atomic E-state index is 13.0. The zero-order chi connectivity index (χ0) is 20.6. The molecule has 0 spiro atoms. The molecule has 1 saturated heterocycles. The summed E-state index contributed by atoms with van der Waals surface area (Å²) in [6.07, 6.45) is 1.51. The molecular formula is C23H26N2O2S2. The van der Waals surface area contributed by atoms with Crippen LogP contribution < -0.4 is 0 Å². The molecule has 0 N–H and O–H groups in total. The Morgan fingerprint density at radius 1 is 0.828 bits per heavy atom. The Hall–Kier alpha value is -2.18. The van der Waals surface area contributed by atoms with Gasteiger partial charge in [0, 0.05) is 18.3 Å². The number of carbonyl (C=O) groups is 2. The highest BCUT2D eigenvalue weighted by Gasteiger charge is 2.36. The quantitative estimate of drug-likeness (QED) is 0.348. The van der Waals surface area contributed by atoms with E-state index < -0.39 is 0 Å². The predicted molar refractivity (Wildman–Crippen MR) is 122 cm³/mol. The molecule has 0 aliphatic carbocycles. The molecule has 0 radical (unpaired) electrons. The fraction of sp³-hybridized carbons (Fsp3) is 0.304. The van der Waals surface area contributed by atoms with Crippen molar-refractivity contribution in [3.8, 4) is 0 Å². The second-order valence-electron chi connectivity index (χ2n) is 7.08. The van der Waals surface area contributed by atoms with E-state index in [1.807, 2.05) is 36.4 Å². The number of rotatable bonds is 8. The first-order chi connectivity index (χ1) is 14.0. The Morgan fingerprint density at radius 2 is 1.28 bits per heavy atom. The summed E-state index contributed by atoms with van der Waals surface area (Å²) in [4.78, 5) is 25.9. The molecule has 0 aromatic heterocycles. The van der Waals surface area contributed by atoms with Gasteiger partial charge in [0.2, 0.25) is 0 Å². The number of hydrogen-bond acceptors (Lipinski definition) is 4. The second-order valence-corrected chi connectivity index (χ2v) is 9.58. The first-order valence-corrected chi connectivity index (χ1v) is 11.5. The molecule has 0 bridgehead atoms. The molecule has 6 heteroatoms. The van der Waals surface area contributed by atoms with Gasteiger partial charge in [0.25, 0.3) is 11.8 Å². The number of hydrogen-bond donors (Lipinski definition) is 0. The van der Waals surface area contributed by atoms with Crippen molar-refractivity contribution in [1.82, 2.24) is 8.61 Å². The summed E-state index contributed by atoms with van der Waals surface area (Å²) in [7, 11) is 0. The van der Waals surface area contributed by atoms with Crippen LogP contribution in [0, 0.1) is 0 Å². The smallest absolute Gasteiger partial charge is 0.268 e. The first-order valence-electron chi connectivity index (χ1n) is 9.80. The van der Waals surface area contributed by atoms with E-state index in [1.165, 1.54) is 35.0 Å². The molecule has 2 amide bonds. The molecule has 152 valence electrons. The number of thioether (sulfide) groups is 1. The van der Waals surface area contributed by atoms with Gasteiger partial charge in [0.15, 0.2) is 0 Å². The monoisotopic (exact) mass is 426 g/mol. The van der Waals surface area contributed by atoms with Crippen molar-refractivity contribution in [1.29, 1.82) is 0 Å². The zero-order valence-electron chi connectivity index (χ0n) is 16.8. The summed E-state index contributed by atoms with van der Waals surface area (Å²) in [6, 6.07) is 20.2. The average Bonchev–Trinajstić information content (AvgIpc) is 2.73. The van der Waals surface area contributed by atoms with E-state index in [1.54, 1.807) is 14.0 Å². The van der Waals surface area contributed by atoms with Crippen molar-refractivity contribution in [3.05, 3.63) is 82.8 Å². The summed E-state index contributed by atoms with van der Waals surface area (Å²) < 4.78 is 3.43. The molecule has 1 aliphatic heterocycles. The average molecular weight is 427 g/mol. The van der Waals surface area contributed by atoms with Crippen molar-refractivity contribution < 1.29 is 9.59 Å². The molecule has 1 aliphatic rings. The van der Waals surface area contributed by atoms with Crippen molar-refractivity contribution in [2.75, 3.05) is 13.1 Å². The van der Waals surface area contributed by atoms with Gasteiger partial charge < -0.3 is 0 Å². The summed E-state index contributed by atoms with van der Waals surface area (Å²) in [5.74, 6) is -0.389. The number of amides is 2. The van der Waals surface area contributed by atoms with E-state index in [4.69, 9.17) is 0 Å². The lowest BCUT2D eigenvalue weighted by atomic mass is 10.1. The molecule has 1 heterocycles. The molecule has 2 aromatic rings. The SMILES string of the molecule is CC(C)SC=C1C(=O)N(CCc2ccccc2)SN(CCc2ccccc2)C1=O. The van der Waals surface area contributed by atoms with Crippen molar-refractivity contribution in [3.63, 3.8) is 0 Å². The van der Waals surface area contributed by atoms with Crippen LogP contribution in [0.1, 0.15) is 25.0 Å². The maximum absolute atomic E-state index is 13.0. The summed E-state index contributed by atoms with van der Waals surface area (Å²) in [6.45, 7) is 5.22. The summed E-state index contributed by atoms with van der Waals surface area (Å²) >= 11 is 2.75. The van der Waals surface area contributed by atoms with Crippen LogP contribution in [0.4, 0.5) is 0 Å². The van der Waals surface area contributed by atoms with Crippen LogP contribution in [0.5, 0.6) is 0 Å². The van der Waals surface area contributed by atoms with Crippen LogP contribution in [-0.2, 0) is 22.4 Å². The lowest BCUT2D eigenvalue weighted by Gasteiger charge is -2.34. The molecule has 0 unspecified atom stereocenters. The highest BCUT2D eigenvalue weighted by atomic mass is 32.2. The lowest BCUT2D eigenvalue weighted by molar-refractivity contribution is -0.130. The molecular weight excluding hydrogens is 400 g/mol. The van der Waals surface area contributed by atoms with Gasteiger partial charge in [0.1, 0.15) is 5.57 Å². The molecule has 29 heavy (non-hydrogen) atoms. The molecule has 2 aromatic carbocycles. The van der Waals surface area contributed by atoms with Gasteiger partial charge in [0.05, 0.1) is 12.1 Å². The highest BCUT2D eigenvalue weighted by Crippen LogP contribution is 2.30. The minimum Gasteiger partial charge on any atom is -0.268 e. The minimum atomic E-state index is -0.194. The first kappa shape index (κ1) is 21.5. The Kier molecular flexibility index (Phi) is 7.83. The molecule has 4 nitrogen and oxygen atoms in total. The largest absolute Gasteiger partial charge is 0.271 e. The Bertz CT molecular complexity index is 790. The third kappa shape index (κ3) is 6.15. The standard InChI is InChI=1S/C23H26N2O2S2/c1-18(2)28-17-21-22(26)24(15-13-19-9-5-3-6-10-19)29-25(23(21)27)16-14-20-11-7-4-8-12-20/h3-12,17-18H,13-16H2,1-2H3. The van der Waals surface area contributed by atoms with Crippen LogP contribution >= 0.6 is 23.9 Å². The Labute approximate surface area is 181 Å². The van der Waals surface area contributed by atoms with Crippen LogP contribution in [-0.4, -0.2) is 38.8 Å². The van der Waals surface area contributed by atoms with Gasteiger partial charge in [-0.15, -0.1) is 11.8 Å². The normalized spacial score (nSPS) is 14.7. The molecule has 1 fully saturated rings. The van der Waals surface area contributed by atoms with Gasteiger partial charge >= 0.3 is 0 Å². The minimum absolute atomic E-state index is 0.194. The van der Waals surface area contributed by atoms with Gasteiger partial charge in [-0.1, -0.05) is 74.5 Å². The van der Waals surface area contributed by atoms with Crippen molar-refractivity contribution in [2.24, 2.45) is 0 Å². The van der Waals surface area contributed by atoms with E-state index in [0.29, 0.717) is 18.3 Å². The van der Waals surface area contributed by atoms with E-state index in [0.717, 1.165) is 12.8 Å². The van der Waals surface area contributed by atoms with Crippen LogP contribution in [0.15, 0.2) is 71.6 Å². The van der Waals surface area contributed by atoms with E-state index in [-0.39, 0.29) is 17.4 Å². The topological polar surface area (TPSA) is 40.6 Å². The molecule has 3 rings (SSSR count). The number of carbonyl (C=O) groups excluding carboxylic acids is 2. The van der Waals surface area contributed by atoms with Gasteiger partial charge in [-0.25, -0.2) is 0 Å². The Morgan fingerprint density at radius 3 is 1.69 bits per heavy atom. The third-order valence-corrected chi connectivity index (χ3v) is 6.47. The lowest BCUT2D eigenvalue weighted by Crippen LogP contribution is -2.45. The van der Waals surface area contributed by atoms with Crippen molar-refractivity contribution >= 4 is 35.7 Å². The van der Waals surface area contributed by atoms with Crippen LogP contribution in [0.25, 0.3) is 0 Å². The number of benzene rings is 2. The second kappa shape index (κ2) is 10.6. The van der Waals surface area contributed by atoms with Crippen molar-refractivity contribution in [2.45, 2.75) is 31.9 Å². The third-order valence-electron chi connectivity index (χ3n) is 4.46. The predicted octanol–water partition coefficient (Wildman–Crippen LogP) is 4.73. The van der Waals surface area contributed by atoms with Gasteiger partial charge in [-0.3, -0.25) is 18.2 Å². The highest BCUT2D eigenvalue weighted by molar-refractivity contribution is 8.02. The Balaban J connectivity index is 1.73. The summed E-state index contributed by atoms with van der Waals surface area (Å²) in [5.41, 5.74) is 2.62. The maximum Gasteiger partial charge on any atom is 0.271 e. The molecule has 0 saturated carbocycles. The molecule has 0 atom stereocenters. The summed E-state index contributed by atoms with van der Waals surface area (Å²) in [5, 5.41) is 2.05. The fourth-order valence-electron chi connectivity index (χ4n) is 2.89. The van der Waals surface area contributed by atoms with E-state index in [9.17, 15) is 9.59 Å². The van der Waals surface area contributed by atoms with Gasteiger partial charge in [-0.05, 0) is 29.4 Å². The number of nitrogens with zero attached hydrogens (tertiary/aromatic N) is 2. The zero-order valence-corrected chi connectivity index (χ0v) is 18.4. The van der Waals surface area contributed by atoms with Crippen LogP contribution in [0.2, 0.25) is 0 Å². The van der Waals surface area contributed by atoms with E-state index in [2.05, 4.69) is 38.1 Å². The van der Waals surface area contributed by atoms with Gasteiger partial charge in [-0.2, -0.15) is 0 Å².